The molecule has 0 spiro atoms. The average Bonchev–Trinajstić information content (AvgIpc) is 3.56. The van der Waals surface area contributed by atoms with Crippen molar-refractivity contribution < 1.29 is 23.1 Å². The summed E-state index contributed by atoms with van der Waals surface area (Å²) in [6.07, 6.45) is 0.173. The number of benzene rings is 1. The molecule has 4 rings (SSSR count). The van der Waals surface area contributed by atoms with Gasteiger partial charge in [0, 0.05) is 43.8 Å². The van der Waals surface area contributed by atoms with E-state index in [4.69, 9.17) is 11.6 Å². The van der Waals surface area contributed by atoms with Crippen molar-refractivity contribution in [3.05, 3.63) is 51.8 Å². The molecule has 3 N–H and O–H groups in total. The number of sulfone groups is 1. The third kappa shape index (κ3) is 4.89. The van der Waals surface area contributed by atoms with Crippen molar-refractivity contribution in [1.29, 1.82) is 0 Å². The number of hydrogen-bond acceptors (Lipinski definition) is 7. The molecule has 202 valence electrons. The minimum absolute atomic E-state index is 0.0482. The highest BCUT2D eigenvalue weighted by Crippen LogP contribution is 2.50. The monoisotopic (exact) mass is 551 g/mol. The highest BCUT2D eigenvalue weighted by Gasteiger charge is 2.62. The van der Waals surface area contributed by atoms with E-state index in [-0.39, 0.29) is 43.7 Å². The van der Waals surface area contributed by atoms with E-state index in [0.717, 1.165) is 5.56 Å². The normalized spacial score (nSPS) is 17.9. The maximum absolute atomic E-state index is 13.6. The van der Waals surface area contributed by atoms with Crippen molar-refractivity contribution in [2.75, 3.05) is 26.7 Å². The molecule has 1 aromatic heterocycles. The van der Waals surface area contributed by atoms with Gasteiger partial charge in [0.15, 0.2) is 15.5 Å². The van der Waals surface area contributed by atoms with Crippen LogP contribution in [-0.4, -0.2) is 82.3 Å². The van der Waals surface area contributed by atoms with E-state index < -0.39 is 25.4 Å². The molecule has 1 saturated carbocycles. The van der Waals surface area contributed by atoms with Crippen LogP contribution < -0.4 is 10.6 Å². The summed E-state index contributed by atoms with van der Waals surface area (Å²) >= 11 is 5.91. The van der Waals surface area contributed by atoms with Crippen LogP contribution in [0.4, 0.5) is 0 Å². The number of rotatable bonds is 10. The first-order valence-corrected chi connectivity index (χ1v) is 14.2. The van der Waals surface area contributed by atoms with Gasteiger partial charge < -0.3 is 20.6 Å². The van der Waals surface area contributed by atoms with Crippen LogP contribution in [0, 0.1) is 0 Å². The fourth-order valence-corrected chi connectivity index (χ4v) is 7.60. The van der Waals surface area contributed by atoms with Crippen LogP contribution in [0.2, 0.25) is 5.02 Å². The first-order chi connectivity index (χ1) is 17.3. The van der Waals surface area contributed by atoms with E-state index in [9.17, 15) is 23.1 Å². The zero-order valence-corrected chi connectivity index (χ0v) is 23.1. The van der Waals surface area contributed by atoms with Gasteiger partial charge in [-0.3, -0.25) is 14.3 Å². The summed E-state index contributed by atoms with van der Waals surface area (Å²) in [7, 11) is -0.518. The second-order valence-electron chi connectivity index (χ2n) is 10.4. The number of halogens is 1. The molecule has 10 nitrogen and oxygen atoms in total. The van der Waals surface area contributed by atoms with Gasteiger partial charge in [0.1, 0.15) is 5.69 Å². The van der Waals surface area contributed by atoms with Gasteiger partial charge >= 0.3 is 0 Å². The quantitative estimate of drug-likeness (QED) is 0.405. The standard InChI is InChI=1S/C25H34ClN5O5S/c1-24(2,19(32)14-27-3)37(35,36)25(10-11-25)15-31-12-9-18-20(29-30(4)21(18)23(31)34)22(33)28-13-16-5-7-17(26)8-6-16/h5-8,19,27,32H,9-15H2,1-4H3,(H,28,33)/t19-/m1/s1. The molecule has 1 atom stereocenters. The van der Waals surface area contributed by atoms with Gasteiger partial charge in [-0.05, 0) is 57.9 Å². The predicted molar refractivity (Wildman–Crippen MR) is 140 cm³/mol. The third-order valence-electron chi connectivity index (χ3n) is 7.60. The number of hydrogen-bond donors (Lipinski definition) is 3. The molecule has 0 saturated heterocycles. The Kier molecular flexibility index (Phi) is 7.46. The van der Waals surface area contributed by atoms with Crippen LogP contribution in [0.5, 0.6) is 0 Å². The van der Waals surface area contributed by atoms with E-state index in [2.05, 4.69) is 15.7 Å². The summed E-state index contributed by atoms with van der Waals surface area (Å²) in [4.78, 5) is 27.9. The SMILES string of the molecule is CNC[C@@H](O)C(C)(C)S(=O)(=O)C1(CN2CCc3c(C(=O)NCc4ccc(Cl)cc4)nn(C)c3C2=O)CC1. The molecule has 2 aromatic rings. The van der Waals surface area contributed by atoms with Crippen LogP contribution in [-0.2, 0) is 29.9 Å². The second-order valence-corrected chi connectivity index (χ2v) is 13.8. The maximum atomic E-state index is 13.6. The number of nitrogens with zero attached hydrogens (tertiary/aromatic N) is 3. The van der Waals surface area contributed by atoms with E-state index in [1.54, 1.807) is 31.1 Å². The number of carbonyl (C=O) groups is 2. The highest BCUT2D eigenvalue weighted by atomic mass is 35.5. The lowest BCUT2D eigenvalue weighted by Crippen LogP contribution is -2.56. The molecule has 1 aliphatic heterocycles. The number of aliphatic hydroxyl groups excluding tert-OH is 1. The van der Waals surface area contributed by atoms with E-state index in [1.807, 2.05) is 12.1 Å². The number of fused-ring (bicyclic) bond motifs is 1. The first kappa shape index (κ1) is 27.6. The molecule has 37 heavy (non-hydrogen) atoms. The summed E-state index contributed by atoms with van der Waals surface area (Å²) in [5.74, 6) is -0.724. The van der Waals surface area contributed by atoms with Crippen LogP contribution >= 0.6 is 11.6 Å². The first-order valence-electron chi connectivity index (χ1n) is 12.3. The molecule has 1 aromatic carbocycles. The number of likely N-dealkylation sites (N-methyl/N-ethyl adjacent to an activating group) is 1. The maximum Gasteiger partial charge on any atom is 0.272 e. The van der Waals surface area contributed by atoms with Gasteiger partial charge in [0.25, 0.3) is 11.8 Å². The Morgan fingerprint density at radius 1 is 1.27 bits per heavy atom. The molecule has 0 bridgehead atoms. The fourth-order valence-electron chi connectivity index (χ4n) is 4.95. The minimum atomic E-state index is -3.78. The predicted octanol–water partition coefficient (Wildman–Crippen LogP) is 1.31. The van der Waals surface area contributed by atoms with Crippen LogP contribution in [0.1, 0.15) is 58.8 Å². The van der Waals surface area contributed by atoms with Gasteiger partial charge in [-0.15, -0.1) is 0 Å². The lowest BCUT2D eigenvalue weighted by molar-refractivity contribution is 0.0723. The third-order valence-corrected chi connectivity index (χ3v) is 11.2. The average molecular weight is 552 g/mol. The summed E-state index contributed by atoms with van der Waals surface area (Å²) in [5.41, 5.74) is 1.94. The van der Waals surface area contributed by atoms with Gasteiger partial charge in [-0.1, -0.05) is 23.7 Å². The Hall–Kier alpha value is -2.47. The molecule has 2 amide bonds. The van der Waals surface area contributed by atoms with Crippen molar-refractivity contribution in [3.8, 4) is 0 Å². The smallest absolute Gasteiger partial charge is 0.272 e. The van der Waals surface area contributed by atoms with Gasteiger partial charge in [-0.25, -0.2) is 8.42 Å². The van der Waals surface area contributed by atoms with Crippen LogP contribution in [0.15, 0.2) is 24.3 Å². The number of aromatic nitrogens is 2. The Bertz CT molecular complexity index is 1300. The Labute approximate surface area is 222 Å². The summed E-state index contributed by atoms with van der Waals surface area (Å²) < 4.78 is 26.2. The molecular formula is C25H34ClN5O5S. The van der Waals surface area contributed by atoms with Crippen molar-refractivity contribution in [2.24, 2.45) is 7.05 Å². The molecule has 0 radical (unpaired) electrons. The molecule has 1 aliphatic carbocycles. The van der Waals surface area contributed by atoms with Gasteiger partial charge in [0.2, 0.25) is 0 Å². The molecule has 12 heteroatoms. The fraction of sp³-hybridized carbons (Fsp3) is 0.560. The molecule has 2 aliphatic rings. The van der Waals surface area contributed by atoms with E-state index >= 15 is 0 Å². The lowest BCUT2D eigenvalue weighted by atomic mass is 10.0. The van der Waals surface area contributed by atoms with E-state index in [0.29, 0.717) is 35.5 Å². The molecule has 1 fully saturated rings. The number of amides is 2. The Balaban J connectivity index is 1.50. The summed E-state index contributed by atoms with van der Waals surface area (Å²) in [6.45, 7) is 3.84. The molecular weight excluding hydrogens is 518 g/mol. The van der Waals surface area contributed by atoms with Crippen molar-refractivity contribution >= 4 is 33.3 Å². The Morgan fingerprint density at radius 3 is 2.51 bits per heavy atom. The number of carbonyl (C=O) groups excluding carboxylic acids is 2. The largest absolute Gasteiger partial charge is 0.390 e. The van der Waals surface area contributed by atoms with E-state index in [1.165, 1.54) is 18.5 Å². The number of aryl methyl sites for hydroxylation is 1. The van der Waals surface area contributed by atoms with Crippen LogP contribution in [0.25, 0.3) is 0 Å². The highest BCUT2D eigenvalue weighted by molar-refractivity contribution is 7.94. The Morgan fingerprint density at radius 2 is 1.92 bits per heavy atom. The van der Waals surface area contributed by atoms with Crippen molar-refractivity contribution in [1.82, 2.24) is 25.3 Å². The minimum Gasteiger partial charge on any atom is -0.390 e. The van der Waals surface area contributed by atoms with Gasteiger partial charge in [0.05, 0.1) is 15.6 Å². The summed E-state index contributed by atoms with van der Waals surface area (Å²) in [6, 6.07) is 7.13. The lowest BCUT2D eigenvalue weighted by Gasteiger charge is -2.37. The zero-order chi connectivity index (χ0) is 27.2. The zero-order valence-electron chi connectivity index (χ0n) is 21.5. The summed E-state index contributed by atoms with van der Waals surface area (Å²) in [5, 5.41) is 21.1. The van der Waals surface area contributed by atoms with Crippen LogP contribution in [0.3, 0.4) is 0 Å². The number of aliphatic hydroxyl groups is 1. The molecule has 0 unspecified atom stereocenters. The molecule has 2 heterocycles. The topological polar surface area (TPSA) is 134 Å². The number of nitrogens with one attached hydrogen (secondary N) is 2. The second kappa shape index (κ2) is 10.0. The van der Waals surface area contributed by atoms with Gasteiger partial charge in [-0.2, -0.15) is 5.10 Å². The van der Waals surface area contributed by atoms with Crippen molar-refractivity contribution in [2.45, 2.75) is 55.3 Å². The van der Waals surface area contributed by atoms with Crippen molar-refractivity contribution in [3.63, 3.8) is 0 Å².